The number of hydrogen-bond donors (Lipinski definition) is 1. The minimum atomic E-state index is -0.0972. The number of aryl methyl sites for hydroxylation is 1. The van der Waals surface area contributed by atoms with Crippen molar-refractivity contribution in [3.05, 3.63) is 64.2 Å². The highest BCUT2D eigenvalue weighted by atomic mass is 35.5. The predicted molar refractivity (Wildman–Crippen MR) is 87.6 cm³/mol. The van der Waals surface area contributed by atoms with Crippen molar-refractivity contribution in [1.29, 1.82) is 0 Å². The van der Waals surface area contributed by atoms with Crippen molar-refractivity contribution in [2.24, 2.45) is 0 Å². The third kappa shape index (κ3) is 3.37. The molecule has 0 aliphatic heterocycles. The third-order valence-electron chi connectivity index (χ3n) is 3.67. The van der Waals surface area contributed by atoms with E-state index in [4.69, 9.17) is 17.3 Å². The van der Waals surface area contributed by atoms with Crippen LogP contribution >= 0.6 is 11.6 Å². The summed E-state index contributed by atoms with van der Waals surface area (Å²) in [5.74, 6) is -0.0972. The first-order valence-electron chi connectivity index (χ1n) is 6.79. The summed E-state index contributed by atoms with van der Waals surface area (Å²) in [5.41, 5.74) is 9.01. The number of nitrogens with zero attached hydrogens (tertiary/aromatic N) is 1. The number of carbonyl (C=O) groups excluding carboxylic acids is 1. The van der Waals surface area contributed by atoms with Crippen molar-refractivity contribution in [3.63, 3.8) is 0 Å². The van der Waals surface area contributed by atoms with Gasteiger partial charge in [-0.25, -0.2) is 0 Å². The molecule has 1 atom stereocenters. The molecule has 0 aliphatic carbocycles. The van der Waals surface area contributed by atoms with E-state index in [2.05, 4.69) is 0 Å². The second-order valence-electron chi connectivity index (χ2n) is 5.24. The fourth-order valence-corrected chi connectivity index (χ4v) is 2.43. The van der Waals surface area contributed by atoms with Gasteiger partial charge in [0.05, 0.1) is 11.6 Å². The first-order chi connectivity index (χ1) is 9.90. The van der Waals surface area contributed by atoms with Crippen LogP contribution in [-0.2, 0) is 0 Å². The van der Waals surface area contributed by atoms with Gasteiger partial charge in [0.15, 0.2) is 0 Å². The van der Waals surface area contributed by atoms with Crippen LogP contribution in [0.1, 0.15) is 34.5 Å². The average molecular weight is 303 g/mol. The van der Waals surface area contributed by atoms with E-state index in [1.54, 1.807) is 18.0 Å². The molecule has 0 bridgehead atoms. The van der Waals surface area contributed by atoms with Gasteiger partial charge in [0, 0.05) is 17.8 Å². The summed E-state index contributed by atoms with van der Waals surface area (Å²) < 4.78 is 0. The number of nitrogen functional groups attached to an aromatic ring is 1. The molecule has 0 fully saturated rings. The van der Waals surface area contributed by atoms with E-state index < -0.39 is 0 Å². The van der Waals surface area contributed by atoms with Crippen LogP contribution in [0, 0.1) is 6.92 Å². The minimum Gasteiger partial charge on any atom is -0.398 e. The van der Waals surface area contributed by atoms with Gasteiger partial charge in [0.1, 0.15) is 0 Å². The van der Waals surface area contributed by atoms with E-state index in [9.17, 15) is 4.79 Å². The van der Waals surface area contributed by atoms with E-state index in [0.29, 0.717) is 16.3 Å². The molecule has 110 valence electrons. The van der Waals surface area contributed by atoms with E-state index in [1.165, 1.54) is 0 Å². The molecule has 0 saturated carbocycles. The molecule has 0 saturated heterocycles. The van der Waals surface area contributed by atoms with Crippen molar-refractivity contribution in [2.75, 3.05) is 12.8 Å². The first-order valence-corrected chi connectivity index (χ1v) is 7.16. The SMILES string of the molecule is Cc1ccc(C(=O)N(C)C(C)c2cccc(Cl)c2)c(N)c1. The molecule has 0 aliphatic rings. The van der Waals surface area contributed by atoms with Crippen molar-refractivity contribution in [2.45, 2.75) is 19.9 Å². The lowest BCUT2D eigenvalue weighted by molar-refractivity contribution is 0.0743. The summed E-state index contributed by atoms with van der Waals surface area (Å²) in [5, 5.41) is 0.662. The topological polar surface area (TPSA) is 46.3 Å². The van der Waals surface area contributed by atoms with E-state index in [1.807, 2.05) is 50.2 Å². The lowest BCUT2D eigenvalue weighted by Gasteiger charge is -2.26. The zero-order valence-electron chi connectivity index (χ0n) is 12.4. The van der Waals surface area contributed by atoms with Gasteiger partial charge in [-0.15, -0.1) is 0 Å². The van der Waals surface area contributed by atoms with Crippen LogP contribution in [0.3, 0.4) is 0 Å². The van der Waals surface area contributed by atoms with Gasteiger partial charge in [0.25, 0.3) is 5.91 Å². The van der Waals surface area contributed by atoms with Gasteiger partial charge in [-0.3, -0.25) is 4.79 Å². The van der Waals surface area contributed by atoms with Crippen molar-refractivity contribution in [1.82, 2.24) is 4.90 Å². The van der Waals surface area contributed by atoms with Gasteiger partial charge in [-0.1, -0.05) is 29.8 Å². The molecule has 4 heteroatoms. The van der Waals surface area contributed by atoms with Crippen molar-refractivity contribution >= 4 is 23.2 Å². The van der Waals surface area contributed by atoms with Crippen LogP contribution in [0.15, 0.2) is 42.5 Å². The Labute approximate surface area is 130 Å². The molecule has 0 radical (unpaired) electrons. The second-order valence-corrected chi connectivity index (χ2v) is 5.67. The Morgan fingerprint density at radius 3 is 2.57 bits per heavy atom. The molecule has 0 heterocycles. The Balaban J connectivity index is 2.26. The van der Waals surface area contributed by atoms with E-state index in [-0.39, 0.29) is 11.9 Å². The quantitative estimate of drug-likeness (QED) is 0.869. The van der Waals surface area contributed by atoms with Crippen LogP contribution in [-0.4, -0.2) is 17.9 Å². The lowest BCUT2D eigenvalue weighted by atomic mass is 10.0. The normalized spacial score (nSPS) is 12.0. The number of amides is 1. The lowest BCUT2D eigenvalue weighted by Crippen LogP contribution is -2.30. The Kier molecular flexibility index (Phi) is 4.53. The number of rotatable bonds is 3. The fraction of sp³-hybridized carbons (Fsp3) is 0.235. The fourth-order valence-electron chi connectivity index (χ4n) is 2.23. The summed E-state index contributed by atoms with van der Waals surface area (Å²) in [6.45, 7) is 3.91. The summed E-state index contributed by atoms with van der Waals surface area (Å²) in [7, 11) is 1.77. The molecule has 1 unspecified atom stereocenters. The molecule has 0 spiro atoms. The highest BCUT2D eigenvalue weighted by Crippen LogP contribution is 2.25. The van der Waals surface area contributed by atoms with Crippen LogP contribution in [0.25, 0.3) is 0 Å². The summed E-state index contributed by atoms with van der Waals surface area (Å²) in [6.07, 6.45) is 0. The Morgan fingerprint density at radius 1 is 1.24 bits per heavy atom. The number of nitrogens with two attached hydrogens (primary N) is 1. The maximum absolute atomic E-state index is 12.6. The van der Waals surface area contributed by atoms with Gasteiger partial charge in [-0.2, -0.15) is 0 Å². The molecule has 2 aromatic carbocycles. The summed E-state index contributed by atoms with van der Waals surface area (Å²) in [6, 6.07) is 12.9. The third-order valence-corrected chi connectivity index (χ3v) is 3.90. The summed E-state index contributed by atoms with van der Waals surface area (Å²) in [4.78, 5) is 14.3. The highest BCUT2D eigenvalue weighted by Gasteiger charge is 2.20. The predicted octanol–water partition coefficient (Wildman–Crippen LogP) is 4.06. The highest BCUT2D eigenvalue weighted by molar-refractivity contribution is 6.30. The van der Waals surface area contributed by atoms with E-state index in [0.717, 1.165) is 11.1 Å². The zero-order chi connectivity index (χ0) is 15.6. The molecule has 2 rings (SSSR count). The Bertz CT molecular complexity index is 670. The standard InChI is InChI=1S/C17H19ClN2O/c1-11-7-8-15(16(19)9-11)17(21)20(3)12(2)13-5-4-6-14(18)10-13/h4-10,12H,19H2,1-3H3. The van der Waals surface area contributed by atoms with Gasteiger partial charge in [-0.05, 0) is 49.2 Å². The molecule has 2 aromatic rings. The number of hydrogen-bond acceptors (Lipinski definition) is 2. The van der Waals surface area contributed by atoms with Crippen molar-refractivity contribution < 1.29 is 4.79 Å². The molecule has 21 heavy (non-hydrogen) atoms. The monoisotopic (exact) mass is 302 g/mol. The number of anilines is 1. The van der Waals surface area contributed by atoms with Gasteiger partial charge in [0.2, 0.25) is 0 Å². The first kappa shape index (κ1) is 15.4. The van der Waals surface area contributed by atoms with Crippen LogP contribution in [0.5, 0.6) is 0 Å². The van der Waals surface area contributed by atoms with Gasteiger partial charge >= 0.3 is 0 Å². The zero-order valence-corrected chi connectivity index (χ0v) is 13.2. The maximum Gasteiger partial charge on any atom is 0.256 e. The largest absolute Gasteiger partial charge is 0.398 e. The van der Waals surface area contributed by atoms with Crippen LogP contribution < -0.4 is 5.73 Å². The second kappa shape index (κ2) is 6.19. The maximum atomic E-state index is 12.6. The molecule has 1 amide bonds. The Morgan fingerprint density at radius 2 is 1.95 bits per heavy atom. The molecule has 0 aromatic heterocycles. The molecule has 3 nitrogen and oxygen atoms in total. The number of carbonyl (C=O) groups is 1. The number of benzene rings is 2. The minimum absolute atomic E-state index is 0.0862. The molecular formula is C17H19ClN2O. The molecule has 2 N–H and O–H groups in total. The number of halogens is 1. The van der Waals surface area contributed by atoms with Gasteiger partial charge < -0.3 is 10.6 Å². The Hall–Kier alpha value is -2.00. The summed E-state index contributed by atoms with van der Waals surface area (Å²) >= 11 is 6.01. The van der Waals surface area contributed by atoms with Crippen molar-refractivity contribution in [3.8, 4) is 0 Å². The van der Waals surface area contributed by atoms with Crippen LogP contribution in [0.4, 0.5) is 5.69 Å². The average Bonchev–Trinajstić information content (AvgIpc) is 2.45. The molecular weight excluding hydrogens is 284 g/mol. The smallest absolute Gasteiger partial charge is 0.256 e. The van der Waals surface area contributed by atoms with Crippen LogP contribution in [0.2, 0.25) is 5.02 Å². The van der Waals surface area contributed by atoms with E-state index >= 15 is 0 Å².